The predicted molar refractivity (Wildman–Crippen MR) is 109 cm³/mol. The summed E-state index contributed by atoms with van der Waals surface area (Å²) in [6, 6.07) is 8.02. The maximum Gasteiger partial charge on any atom is 0.321 e. The predicted octanol–water partition coefficient (Wildman–Crippen LogP) is 3.42. The molecule has 6 nitrogen and oxygen atoms in total. The SMILES string of the molecule is CCc1ccccc1NC(=O)N1CCC[C@@H](c2nccn2CCN(C)C)C1. The van der Waals surface area contributed by atoms with Crippen molar-refractivity contribution in [3.8, 4) is 0 Å². The van der Waals surface area contributed by atoms with E-state index in [9.17, 15) is 4.79 Å². The molecule has 1 N–H and O–H groups in total. The summed E-state index contributed by atoms with van der Waals surface area (Å²) in [5, 5.41) is 3.10. The van der Waals surface area contributed by atoms with E-state index in [0.717, 1.165) is 57.0 Å². The first-order valence-corrected chi connectivity index (χ1v) is 9.88. The molecule has 0 saturated carbocycles. The number of aryl methyl sites for hydroxylation is 1. The molecule has 27 heavy (non-hydrogen) atoms. The fourth-order valence-corrected chi connectivity index (χ4v) is 3.69. The maximum atomic E-state index is 12.8. The summed E-state index contributed by atoms with van der Waals surface area (Å²) in [7, 11) is 4.16. The number of hydrogen-bond acceptors (Lipinski definition) is 3. The molecule has 0 bridgehead atoms. The van der Waals surface area contributed by atoms with E-state index in [1.807, 2.05) is 29.3 Å². The van der Waals surface area contributed by atoms with Crippen LogP contribution in [0.5, 0.6) is 0 Å². The molecule has 6 heteroatoms. The number of carbonyl (C=O) groups excluding carboxylic acids is 1. The van der Waals surface area contributed by atoms with Gasteiger partial charge < -0.3 is 19.7 Å². The lowest BCUT2D eigenvalue weighted by atomic mass is 9.97. The molecule has 0 aliphatic carbocycles. The van der Waals surface area contributed by atoms with Crippen LogP contribution in [0.2, 0.25) is 0 Å². The molecule has 2 aromatic rings. The number of aromatic nitrogens is 2. The van der Waals surface area contributed by atoms with Crippen LogP contribution in [0, 0.1) is 0 Å². The summed E-state index contributed by atoms with van der Waals surface area (Å²) in [5.41, 5.74) is 2.08. The normalized spacial score (nSPS) is 17.3. The van der Waals surface area contributed by atoms with Gasteiger partial charge in [-0.3, -0.25) is 0 Å². The van der Waals surface area contributed by atoms with Crippen LogP contribution in [-0.2, 0) is 13.0 Å². The molecular formula is C21H31N5O. The Hall–Kier alpha value is -2.34. The summed E-state index contributed by atoms with van der Waals surface area (Å²) in [5.74, 6) is 1.39. The minimum absolute atomic E-state index is 0.00741. The average Bonchev–Trinajstić information content (AvgIpc) is 3.15. The molecule has 0 radical (unpaired) electrons. The number of hydrogen-bond donors (Lipinski definition) is 1. The number of amides is 2. The summed E-state index contributed by atoms with van der Waals surface area (Å²) in [4.78, 5) is 21.6. The van der Waals surface area contributed by atoms with Crippen LogP contribution in [0.1, 0.15) is 37.1 Å². The molecule has 0 spiro atoms. The number of imidazole rings is 1. The van der Waals surface area contributed by atoms with Crippen LogP contribution >= 0.6 is 0 Å². The van der Waals surface area contributed by atoms with Gasteiger partial charge in [-0.05, 0) is 45.0 Å². The van der Waals surface area contributed by atoms with Crippen LogP contribution < -0.4 is 5.32 Å². The highest BCUT2D eigenvalue weighted by Gasteiger charge is 2.27. The number of nitrogens with zero attached hydrogens (tertiary/aromatic N) is 4. The number of carbonyl (C=O) groups is 1. The maximum absolute atomic E-state index is 12.8. The first-order chi connectivity index (χ1) is 13.1. The fraction of sp³-hybridized carbons (Fsp3) is 0.524. The number of para-hydroxylation sites is 1. The van der Waals surface area contributed by atoms with Gasteiger partial charge in [0.25, 0.3) is 0 Å². The zero-order chi connectivity index (χ0) is 19.2. The quantitative estimate of drug-likeness (QED) is 0.849. The number of urea groups is 1. The lowest BCUT2D eigenvalue weighted by Gasteiger charge is -2.33. The number of nitrogens with one attached hydrogen (secondary N) is 1. The average molecular weight is 370 g/mol. The van der Waals surface area contributed by atoms with Crippen LogP contribution in [-0.4, -0.2) is 59.1 Å². The van der Waals surface area contributed by atoms with Gasteiger partial charge in [0.1, 0.15) is 5.82 Å². The first-order valence-electron chi connectivity index (χ1n) is 9.88. The second-order valence-corrected chi connectivity index (χ2v) is 7.51. The van der Waals surface area contributed by atoms with Crippen molar-refractivity contribution in [2.24, 2.45) is 0 Å². The van der Waals surface area contributed by atoms with Crippen molar-refractivity contribution in [3.63, 3.8) is 0 Å². The van der Waals surface area contributed by atoms with Gasteiger partial charge in [-0.15, -0.1) is 0 Å². The smallest absolute Gasteiger partial charge is 0.321 e. The van der Waals surface area contributed by atoms with E-state index < -0.39 is 0 Å². The van der Waals surface area contributed by atoms with Gasteiger partial charge in [0.15, 0.2) is 0 Å². The molecular weight excluding hydrogens is 338 g/mol. The number of anilines is 1. The van der Waals surface area contributed by atoms with Crippen LogP contribution in [0.4, 0.5) is 10.5 Å². The van der Waals surface area contributed by atoms with E-state index >= 15 is 0 Å². The van der Waals surface area contributed by atoms with E-state index in [4.69, 9.17) is 0 Å². The van der Waals surface area contributed by atoms with Crippen molar-refractivity contribution in [2.75, 3.05) is 39.0 Å². The largest absolute Gasteiger partial charge is 0.333 e. The Morgan fingerprint density at radius 3 is 2.93 bits per heavy atom. The zero-order valence-electron chi connectivity index (χ0n) is 16.7. The van der Waals surface area contributed by atoms with Crippen LogP contribution in [0.15, 0.2) is 36.7 Å². The Bertz CT molecular complexity index is 755. The van der Waals surface area contributed by atoms with E-state index in [1.54, 1.807) is 0 Å². The van der Waals surface area contributed by atoms with E-state index in [0.29, 0.717) is 5.92 Å². The summed E-state index contributed by atoms with van der Waals surface area (Å²) in [6.45, 7) is 5.53. The van der Waals surface area contributed by atoms with E-state index in [1.165, 1.54) is 5.56 Å². The van der Waals surface area contributed by atoms with Crippen molar-refractivity contribution in [3.05, 3.63) is 48.0 Å². The van der Waals surface area contributed by atoms with Gasteiger partial charge in [0.05, 0.1) is 0 Å². The Morgan fingerprint density at radius 1 is 1.33 bits per heavy atom. The molecule has 0 unspecified atom stereocenters. The highest BCUT2D eigenvalue weighted by atomic mass is 16.2. The topological polar surface area (TPSA) is 53.4 Å². The van der Waals surface area contributed by atoms with Crippen molar-refractivity contribution < 1.29 is 4.79 Å². The van der Waals surface area contributed by atoms with Gasteiger partial charge in [0, 0.05) is 50.2 Å². The molecule has 1 aliphatic rings. The van der Waals surface area contributed by atoms with Gasteiger partial charge in [-0.2, -0.15) is 0 Å². The Morgan fingerprint density at radius 2 is 2.15 bits per heavy atom. The number of likely N-dealkylation sites (N-methyl/N-ethyl adjacent to an activating group) is 1. The van der Waals surface area contributed by atoms with Crippen LogP contribution in [0.3, 0.4) is 0 Å². The van der Waals surface area contributed by atoms with Gasteiger partial charge >= 0.3 is 6.03 Å². The van der Waals surface area contributed by atoms with Crippen molar-refractivity contribution >= 4 is 11.7 Å². The summed E-state index contributed by atoms with van der Waals surface area (Å²) in [6.07, 6.45) is 6.92. The number of rotatable bonds is 6. The first kappa shape index (κ1) is 19.4. The number of benzene rings is 1. The van der Waals surface area contributed by atoms with Gasteiger partial charge in [0.2, 0.25) is 0 Å². The van der Waals surface area contributed by atoms with Gasteiger partial charge in [-0.1, -0.05) is 25.1 Å². The molecule has 1 aromatic carbocycles. The third-order valence-corrected chi connectivity index (χ3v) is 5.25. The Balaban J connectivity index is 1.66. The minimum atomic E-state index is -0.00741. The minimum Gasteiger partial charge on any atom is -0.333 e. The fourth-order valence-electron chi connectivity index (χ4n) is 3.69. The number of likely N-dealkylation sites (tertiary alicyclic amines) is 1. The summed E-state index contributed by atoms with van der Waals surface area (Å²) >= 11 is 0. The highest BCUT2D eigenvalue weighted by molar-refractivity contribution is 5.90. The molecule has 1 saturated heterocycles. The molecule has 2 heterocycles. The molecule has 1 aliphatic heterocycles. The third kappa shape index (κ3) is 4.89. The Kier molecular flexibility index (Phi) is 6.50. The van der Waals surface area contributed by atoms with Crippen molar-refractivity contribution in [1.82, 2.24) is 19.4 Å². The lowest BCUT2D eigenvalue weighted by Crippen LogP contribution is -2.42. The lowest BCUT2D eigenvalue weighted by molar-refractivity contribution is 0.190. The molecule has 1 atom stereocenters. The standard InChI is InChI=1S/C21H31N5O/c1-4-17-8-5-6-10-19(17)23-21(27)26-12-7-9-18(16-26)20-22-11-13-25(20)15-14-24(2)3/h5-6,8,10-11,13,18H,4,7,9,12,14-16H2,1-3H3,(H,23,27)/t18-/m1/s1. The molecule has 3 rings (SSSR count). The molecule has 2 amide bonds. The third-order valence-electron chi connectivity index (χ3n) is 5.25. The second kappa shape index (κ2) is 9.04. The zero-order valence-corrected chi connectivity index (χ0v) is 16.7. The van der Waals surface area contributed by atoms with Gasteiger partial charge in [-0.25, -0.2) is 9.78 Å². The monoisotopic (exact) mass is 369 g/mol. The highest BCUT2D eigenvalue weighted by Crippen LogP contribution is 2.26. The molecule has 1 fully saturated rings. The summed E-state index contributed by atoms with van der Waals surface area (Å²) < 4.78 is 2.23. The molecule has 1 aromatic heterocycles. The van der Waals surface area contributed by atoms with E-state index in [2.05, 4.69) is 53.1 Å². The Labute approximate surface area is 162 Å². The second-order valence-electron chi connectivity index (χ2n) is 7.51. The number of piperidine rings is 1. The van der Waals surface area contributed by atoms with Crippen LogP contribution in [0.25, 0.3) is 0 Å². The van der Waals surface area contributed by atoms with Crippen molar-refractivity contribution in [2.45, 2.75) is 38.6 Å². The van der Waals surface area contributed by atoms with E-state index in [-0.39, 0.29) is 6.03 Å². The molecule has 146 valence electrons. The van der Waals surface area contributed by atoms with Crippen molar-refractivity contribution in [1.29, 1.82) is 0 Å².